The fourth-order valence-corrected chi connectivity index (χ4v) is 4.29. The first-order valence-electron chi connectivity index (χ1n) is 9.53. The van der Waals surface area contributed by atoms with Crippen LogP contribution in [0.15, 0.2) is 24.4 Å². The molecular weight excluding hydrogens is 417 g/mol. The number of hydrogen-bond acceptors (Lipinski definition) is 7. The second-order valence-electron chi connectivity index (χ2n) is 6.99. The Kier molecular flexibility index (Phi) is 5.49. The first-order valence-corrected chi connectivity index (χ1v) is 10.5. The number of benzene rings is 1. The summed E-state index contributed by atoms with van der Waals surface area (Å²) in [6.45, 7) is 7.06. The number of fused-ring (bicyclic) bond motifs is 1. The van der Waals surface area contributed by atoms with Gasteiger partial charge in [-0.1, -0.05) is 18.9 Å². The second kappa shape index (κ2) is 7.95. The largest absolute Gasteiger partial charge is 0.507 e. The molecule has 3 aromatic rings. The standard InChI is InChI=1S/C19H21F3N6OS/c1-3-30-27-8-6-26(7-9-27)18-24-17-23-14(4-5-28(17)25-18)16-12(2)10-13(11-15(16)29)19(20,21)22/h4-5,10-11,29H,3,6-9H2,1-2H3. The number of phenols is 1. The Morgan fingerprint density at radius 2 is 1.87 bits per heavy atom. The molecule has 1 aliphatic rings. The molecule has 7 nitrogen and oxygen atoms in total. The van der Waals surface area contributed by atoms with Crippen molar-refractivity contribution in [2.75, 3.05) is 36.8 Å². The molecule has 0 unspecified atom stereocenters. The molecular formula is C19H21F3N6OS. The summed E-state index contributed by atoms with van der Waals surface area (Å²) in [7, 11) is 0. The molecule has 160 valence electrons. The number of rotatable bonds is 4. The van der Waals surface area contributed by atoms with Gasteiger partial charge in [0, 0.05) is 43.7 Å². The van der Waals surface area contributed by atoms with Crippen LogP contribution >= 0.6 is 11.9 Å². The van der Waals surface area contributed by atoms with E-state index in [1.165, 1.54) is 11.4 Å². The number of nitrogens with zero attached hydrogens (tertiary/aromatic N) is 6. The van der Waals surface area contributed by atoms with E-state index < -0.39 is 17.5 Å². The van der Waals surface area contributed by atoms with E-state index in [0.717, 1.165) is 44.1 Å². The summed E-state index contributed by atoms with van der Waals surface area (Å²) in [4.78, 5) is 11.0. The van der Waals surface area contributed by atoms with E-state index in [4.69, 9.17) is 0 Å². The van der Waals surface area contributed by atoms with Crippen molar-refractivity contribution < 1.29 is 18.3 Å². The van der Waals surface area contributed by atoms with Crippen LogP contribution in [0.4, 0.5) is 19.1 Å². The van der Waals surface area contributed by atoms with Gasteiger partial charge in [0.05, 0.1) is 11.3 Å². The summed E-state index contributed by atoms with van der Waals surface area (Å²) in [6.07, 6.45) is -2.88. The highest BCUT2D eigenvalue weighted by molar-refractivity contribution is 7.96. The summed E-state index contributed by atoms with van der Waals surface area (Å²) in [6, 6.07) is 3.33. The lowest BCUT2D eigenvalue weighted by Crippen LogP contribution is -2.44. The van der Waals surface area contributed by atoms with Crippen LogP contribution in [-0.2, 0) is 6.18 Å². The minimum atomic E-state index is -4.53. The molecule has 0 aliphatic carbocycles. The molecule has 1 aliphatic heterocycles. The Labute approximate surface area is 175 Å². The van der Waals surface area contributed by atoms with Crippen molar-refractivity contribution in [3.8, 4) is 17.0 Å². The third-order valence-corrected chi connectivity index (χ3v) is 5.92. The predicted octanol–water partition coefficient (Wildman–Crippen LogP) is 3.61. The van der Waals surface area contributed by atoms with Crippen LogP contribution in [0.5, 0.6) is 5.75 Å². The van der Waals surface area contributed by atoms with Crippen LogP contribution in [0.3, 0.4) is 0 Å². The quantitative estimate of drug-likeness (QED) is 0.624. The van der Waals surface area contributed by atoms with Crippen molar-refractivity contribution in [3.05, 3.63) is 35.5 Å². The van der Waals surface area contributed by atoms with Gasteiger partial charge in [0.15, 0.2) is 0 Å². The van der Waals surface area contributed by atoms with Crippen LogP contribution in [0, 0.1) is 6.92 Å². The van der Waals surface area contributed by atoms with Gasteiger partial charge < -0.3 is 10.0 Å². The summed E-state index contributed by atoms with van der Waals surface area (Å²) >= 11 is 1.81. The number of anilines is 1. The lowest BCUT2D eigenvalue weighted by Gasteiger charge is -2.32. The van der Waals surface area contributed by atoms with Crippen LogP contribution in [0.25, 0.3) is 17.0 Å². The minimum absolute atomic E-state index is 0.250. The lowest BCUT2D eigenvalue weighted by atomic mass is 10.0. The highest BCUT2D eigenvalue weighted by Gasteiger charge is 2.32. The Bertz CT molecular complexity index is 1040. The third-order valence-electron chi connectivity index (χ3n) is 4.93. The molecule has 1 fully saturated rings. The summed E-state index contributed by atoms with van der Waals surface area (Å²) in [5, 5.41) is 14.7. The second-order valence-corrected chi connectivity index (χ2v) is 8.34. The number of aromatic nitrogens is 4. The minimum Gasteiger partial charge on any atom is -0.507 e. The van der Waals surface area contributed by atoms with Crippen molar-refractivity contribution in [3.63, 3.8) is 0 Å². The number of hydrogen-bond donors (Lipinski definition) is 1. The molecule has 0 atom stereocenters. The predicted molar refractivity (Wildman–Crippen MR) is 110 cm³/mol. The molecule has 30 heavy (non-hydrogen) atoms. The number of aryl methyl sites for hydroxylation is 1. The third kappa shape index (κ3) is 4.04. The smallest absolute Gasteiger partial charge is 0.416 e. The van der Waals surface area contributed by atoms with Gasteiger partial charge in [-0.25, -0.2) is 13.8 Å². The first kappa shape index (κ1) is 20.7. The monoisotopic (exact) mass is 438 g/mol. The Morgan fingerprint density at radius 3 is 2.50 bits per heavy atom. The van der Waals surface area contributed by atoms with Crippen molar-refractivity contribution in [2.45, 2.75) is 20.0 Å². The van der Waals surface area contributed by atoms with E-state index in [-0.39, 0.29) is 11.1 Å². The molecule has 0 saturated carbocycles. The average molecular weight is 438 g/mol. The van der Waals surface area contributed by atoms with Gasteiger partial charge in [-0.15, -0.1) is 5.10 Å². The van der Waals surface area contributed by atoms with Gasteiger partial charge in [-0.05, 0) is 30.7 Å². The molecule has 2 aromatic heterocycles. The van der Waals surface area contributed by atoms with E-state index in [9.17, 15) is 18.3 Å². The molecule has 4 rings (SSSR count). The maximum Gasteiger partial charge on any atom is 0.416 e. The van der Waals surface area contributed by atoms with Crippen LogP contribution in [0.2, 0.25) is 0 Å². The molecule has 1 N–H and O–H groups in total. The maximum atomic E-state index is 13.0. The van der Waals surface area contributed by atoms with E-state index in [1.807, 2.05) is 11.9 Å². The van der Waals surface area contributed by atoms with Gasteiger partial charge in [-0.3, -0.25) is 0 Å². The Hall–Kier alpha value is -2.53. The maximum absolute atomic E-state index is 13.0. The summed E-state index contributed by atoms with van der Waals surface area (Å²) < 4.78 is 42.8. The molecule has 11 heteroatoms. The zero-order chi connectivity index (χ0) is 21.5. The molecule has 0 amide bonds. The topological polar surface area (TPSA) is 69.8 Å². The molecule has 0 spiro atoms. The normalized spacial score (nSPS) is 15.8. The van der Waals surface area contributed by atoms with Gasteiger partial charge >= 0.3 is 6.18 Å². The number of phenolic OH excluding ortho intramolecular Hbond substituents is 1. The highest BCUT2D eigenvalue weighted by Crippen LogP contribution is 2.38. The highest BCUT2D eigenvalue weighted by atomic mass is 32.2. The Morgan fingerprint density at radius 1 is 1.13 bits per heavy atom. The van der Waals surface area contributed by atoms with E-state index >= 15 is 0 Å². The van der Waals surface area contributed by atoms with Gasteiger partial charge in [0.25, 0.3) is 5.78 Å². The number of halogens is 3. The zero-order valence-electron chi connectivity index (χ0n) is 16.5. The number of aromatic hydroxyl groups is 1. The van der Waals surface area contributed by atoms with E-state index in [1.54, 1.807) is 12.3 Å². The SMILES string of the molecule is CCSN1CCN(c2nc3nc(-c4c(C)cc(C(F)(F)F)cc4O)ccn3n2)CC1. The Balaban J connectivity index is 1.62. The fourth-order valence-electron chi connectivity index (χ4n) is 3.50. The molecule has 0 radical (unpaired) electrons. The van der Waals surface area contributed by atoms with E-state index in [2.05, 4.69) is 31.2 Å². The van der Waals surface area contributed by atoms with Crippen molar-refractivity contribution in [1.82, 2.24) is 23.9 Å². The number of piperazine rings is 1. The van der Waals surface area contributed by atoms with Gasteiger partial charge in [0.2, 0.25) is 5.95 Å². The van der Waals surface area contributed by atoms with Crippen molar-refractivity contribution in [1.29, 1.82) is 0 Å². The molecule has 1 aromatic carbocycles. The molecule has 1 saturated heterocycles. The zero-order valence-corrected chi connectivity index (χ0v) is 17.3. The van der Waals surface area contributed by atoms with Gasteiger partial charge in [-0.2, -0.15) is 18.2 Å². The molecule has 3 heterocycles. The van der Waals surface area contributed by atoms with Crippen LogP contribution < -0.4 is 4.90 Å². The summed E-state index contributed by atoms with van der Waals surface area (Å²) in [5.74, 6) is 1.46. The molecule has 0 bridgehead atoms. The number of alkyl halides is 3. The van der Waals surface area contributed by atoms with Crippen molar-refractivity contribution in [2.24, 2.45) is 0 Å². The van der Waals surface area contributed by atoms with Gasteiger partial charge in [0.1, 0.15) is 5.75 Å². The van der Waals surface area contributed by atoms with Crippen molar-refractivity contribution >= 4 is 23.7 Å². The average Bonchev–Trinajstić information content (AvgIpc) is 3.11. The fraction of sp³-hybridized carbons (Fsp3) is 0.421. The van der Waals surface area contributed by atoms with Crippen LogP contribution in [0.1, 0.15) is 18.1 Å². The van der Waals surface area contributed by atoms with E-state index in [0.29, 0.717) is 17.4 Å². The summed E-state index contributed by atoms with van der Waals surface area (Å²) in [5.41, 5.74) is -0.0227. The first-order chi connectivity index (χ1) is 14.3. The lowest BCUT2D eigenvalue weighted by molar-refractivity contribution is -0.137. The van der Waals surface area contributed by atoms with Crippen LogP contribution in [-0.4, -0.2) is 60.9 Å².